The summed E-state index contributed by atoms with van der Waals surface area (Å²) in [7, 11) is 0. The maximum Gasteiger partial charge on any atom is 0.187 e. The molecule has 0 spiro atoms. The van der Waals surface area contributed by atoms with Gasteiger partial charge in [-0.1, -0.05) is 37.3 Å². The predicted molar refractivity (Wildman–Crippen MR) is 103 cm³/mol. The molecule has 136 valence electrons. The van der Waals surface area contributed by atoms with Crippen molar-refractivity contribution in [3.63, 3.8) is 0 Å². The molecule has 2 aromatic rings. The topological polar surface area (TPSA) is 85.8 Å². The highest BCUT2D eigenvalue weighted by atomic mass is 32.1. The number of carbonyl (C=O) groups excluding carboxylic acids is 1. The molecule has 0 unspecified atom stereocenters. The van der Waals surface area contributed by atoms with Crippen LogP contribution in [0, 0.1) is 0 Å². The van der Waals surface area contributed by atoms with Gasteiger partial charge in [-0.15, -0.1) is 0 Å². The third kappa shape index (κ3) is 6.52. The molecule has 6 nitrogen and oxygen atoms in total. The van der Waals surface area contributed by atoms with Gasteiger partial charge in [0.15, 0.2) is 5.11 Å². The Morgan fingerprint density at radius 2 is 1.85 bits per heavy atom. The predicted octanol–water partition coefficient (Wildman–Crippen LogP) is 1.59. The number of hydrogen-bond donors (Lipinski definition) is 2. The molecule has 0 atom stereocenters. The zero-order valence-electron chi connectivity index (χ0n) is 14.4. The number of carboxylic acids is 1. The van der Waals surface area contributed by atoms with Gasteiger partial charge in [0.05, 0.1) is 11.7 Å². The number of aliphatic carboxylic acids is 1. The van der Waals surface area contributed by atoms with Crippen LogP contribution in [-0.2, 0) is 11.3 Å². The smallest absolute Gasteiger partial charge is 0.187 e. The van der Waals surface area contributed by atoms with Crippen LogP contribution in [0.15, 0.2) is 59.7 Å². The average molecular weight is 370 g/mol. The Balaban J connectivity index is 1.90. The van der Waals surface area contributed by atoms with Crippen molar-refractivity contribution < 1.29 is 14.6 Å². The minimum atomic E-state index is -1.26. The summed E-state index contributed by atoms with van der Waals surface area (Å²) in [4.78, 5) is 10.4. The van der Waals surface area contributed by atoms with E-state index < -0.39 is 12.6 Å². The molecule has 2 aromatic carbocycles. The molecule has 2 rings (SSSR count). The lowest BCUT2D eigenvalue weighted by Crippen LogP contribution is -2.32. The van der Waals surface area contributed by atoms with Crippen LogP contribution >= 0.6 is 12.2 Å². The van der Waals surface area contributed by atoms with Gasteiger partial charge in [-0.05, 0) is 54.0 Å². The maximum absolute atomic E-state index is 10.4. The Morgan fingerprint density at radius 1 is 1.15 bits per heavy atom. The van der Waals surface area contributed by atoms with Gasteiger partial charge >= 0.3 is 0 Å². The molecular formula is C19H20N3O3S-. The summed E-state index contributed by atoms with van der Waals surface area (Å²) in [5.74, 6) is -0.799. The fourth-order valence-corrected chi connectivity index (χ4v) is 2.29. The van der Waals surface area contributed by atoms with Crippen LogP contribution in [-0.4, -0.2) is 23.4 Å². The number of nitrogens with zero attached hydrogens (tertiary/aromatic N) is 1. The monoisotopic (exact) mass is 370 g/mol. The standard InChI is InChI=1S/C19H21N3O3S/c1-2-17(15-8-10-16(11-9-15)25-13-18(23)24)21-22-19(26)20-12-14-6-4-3-5-7-14/h3-11H,2,12-13H2,1H3,(H,23,24)(H2,20,22,26)/p-1/b21-17-. The first-order valence-electron chi connectivity index (χ1n) is 8.16. The fourth-order valence-electron chi connectivity index (χ4n) is 2.17. The second kappa shape index (κ2) is 10.1. The van der Waals surface area contributed by atoms with E-state index in [2.05, 4.69) is 15.8 Å². The van der Waals surface area contributed by atoms with E-state index in [0.717, 1.165) is 16.8 Å². The number of thiocarbonyl (C=S) groups is 1. The lowest BCUT2D eigenvalue weighted by atomic mass is 10.1. The SMILES string of the molecule is CC/C(=N/NC(=S)NCc1ccccc1)c1ccc(OCC(=O)[O-])cc1. The van der Waals surface area contributed by atoms with Gasteiger partial charge in [-0.2, -0.15) is 5.10 Å². The van der Waals surface area contributed by atoms with Crippen LogP contribution in [0.3, 0.4) is 0 Å². The van der Waals surface area contributed by atoms with Gasteiger partial charge in [0, 0.05) is 6.54 Å². The second-order valence-corrected chi connectivity index (χ2v) is 5.79. The van der Waals surface area contributed by atoms with Crippen LogP contribution in [0.4, 0.5) is 0 Å². The van der Waals surface area contributed by atoms with Crippen molar-refractivity contribution in [1.82, 2.24) is 10.7 Å². The van der Waals surface area contributed by atoms with E-state index in [9.17, 15) is 9.90 Å². The summed E-state index contributed by atoms with van der Waals surface area (Å²) < 4.78 is 5.06. The van der Waals surface area contributed by atoms with Gasteiger partial charge < -0.3 is 20.0 Å². The zero-order valence-corrected chi connectivity index (χ0v) is 15.2. The quantitative estimate of drug-likeness (QED) is 0.417. The molecule has 26 heavy (non-hydrogen) atoms. The molecular weight excluding hydrogens is 350 g/mol. The second-order valence-electron chi connectivity index (χ2n) is 5.38. The number of nitrogens with one attached hydrogen (secondary N) is 2. The first kappa shape index (κ1) is 19.4. The summed E-state index contributed by atoms with van der Waals surface area (Å²) >= 11 is 5.24. The Kier molecular flexibility index (Phi) is 7.57. The van der Waals surface area contributed by atoms with Crippen molar-refractivity contribution >= 4 is 29.0 Å². The van der Waals surface area contributed by atoms with Gasteiger partial charge in [0.25, 0.3) is 0 Å². The van der Waals surface area contributed by atoms with Crippen molar-refractivity contribution in [2.24, 2.45) is 5.10 Å². The number of carbonyl (C=O) groups is 1. The van der Waals surface area contributed by atoms with Crippen LogP contribution in [0.2, 0.25) is 0 Å². The number of hydrazone groups is 1. The van der Waals surface area contributed by atoms with Crippen LogP contribution in [0.25, 0.3) is 0 Å². The number of carboxylic acid groups (broad SMARTS) is 1. The van der Waals surface area contributed by atoms with E-state index in [1.165, 1.54) is 0 Å². The highest BCUT2D eigenvalue weighted by Crippen LogP contribution is 2.13. The normalized spacial score (nSPS) is 10.9. The highest BCUT2D eigenvalue weighted by Gasteiger charge is 2.03. The fraction of sp³-hybridized carbons (Fsp3) is 0.211. The van der Waals surface area contributed by atoms with Crippen LogP contribution < -0.4 is 20.6 Å². The maximum atomic E-state index is 10.4. The third-order valence-corrected chi connectivity index (χ3v) is 3.70. The molecule has 0 aliphatic carbocycles. The summed E-state index contributed by atoms with van der Waals surface area (Å²) in [6, 6.07) is 16.9. The lowest BCUT2D eigenvalue weighted by molar-refractivity contribution is -0.307. The van der Waals surface area contributed by atoms with Crippen molar-refractivity contribution in [2.75, 3.05) is 6.61 Å². The largest absolute Gasteiger partial charge is 0.546 e. The summed E-state index contributed by atoms with van der Waals surface area (Å²) in [6.07, 6.45) is 0.702. The molecule has 0 saturated carbocycles. The van der Waals surface area contributed by atoms with Crippen molar-refractivity contribution in [3.05, 3.63) is 65.7 Å². The Hall–Kier alpha value is -2.93. The molecule has 0 aliphatic heterocycles. The van der Waals surface area contributed by atoms with E-state index >= 15 is 0 Å². The molecule has 0 aliphatic rings. The van der Waals surface area contributed by atoms with E-state index in [4.69, 9.17) is 17.0 Å². The van der Waals surface area contributed by atoms with E-state index in [1.54, 1.807) is 12.1 Å². The summed E-state index contributed by atoms with van der Waals surface area (Å²) in [5.41, 5.74) is 5.69. The third-order valence-electron chi connectivity index (χ3n) is 3.47. The summed E-state index contributed by atoms with van der Waals surface area (Å²) in [5, 5.41) is 18.3. The molecule has 2 N–H and O–H groups in total. The number of hydrogen-bond acceptors (Lipinski definition) is 5. The summed E-state index contributed by atoms with van der Waals surface area (Å²) in [6.45, 7) is 2.13. The van der Waals surface area contributed by atoms with Gasteiger partial charge in [-0.3, -0.25) is 5.43 Å². The first-order chi connectivity index (χ1) is 12.6. The molecule has 0 aromatic heterocycles. The van der Waals surface area contributed by atoms with Crippen molar-refractivity contribution in [3.8, 4) is 5.75 Å². The molecule has 0 fully saturated rings. The first-order valence-corrected chi connectivity index (χ1v) is 8.56. The molecule has 0 bridgehead atoms. The minimum Gasteiger partial charge on any atom is -0.546 e. The molecule has 0 radical (unpaired) electrons. The highest BCUT2D eigenvalue weighted by molar-refractivity contribution is 7.80. The molecule has 0 amide bonds. The number of rotatable bonds is 8. The van der Waals surface area contributed by atoms with Gasteiger partial charge in [0.1, 0.15) is 12.4 Å². The van der Waals surface area contributed by atoms with Crippen molar-refractivity contribution in [1.29, 1.82) is 0 Å². The zero-order chi connectivity index (χ0) is 18.8. The molecule has 0 heterocycles. The van der Waals surface area contributed by atoms with Gasteiger partial charge in [0.2, 0.25) is 0 Å². The van der Waals surface area contributed by atoms with E-state index in [1.807, 2.05) is 49.4 Å². The number of benzene rings is 2. The number of ether oxygens (including phenoxy) is 1. The van der Waals surface area contributed by atoms with Gasteiger partial charge in [-0.25, -0.2) is 0 Å². The van der Waals surface area contributed by atoms with Crippen LogP contribution in [0.5, 0.6) is 5.75 Å². The Labute approximate surface area is 157 Å². The molecule has 0 saturated heterocycles. The van der Waals surface area contributed by atoms with Crippen LogP contribution in [0.1, 0.15) is 24.5 Å². The average Bonchev–Trinajstić information content (AvgIpc) is 2.67. The van der Waals surface area contributed by atoms with E-state index in [-0.39, 0.29) is 0 Å². The van der Waals surface area contributed by atoms with E-state index in [0.29, 0.717) is 23.8 Å². The lowest BCUT2D eigenvalue weighted by Gasteiger charge is -2.10. The Morgan fingerprint density at radius 3 is 2.46 bits per heavy atom. The molecule has 7 heteroatoms. The van der Waals surface area contributed by atoms with Crippen molar-refractivity contribution in [2.45, 2.75) is 19.9 Å². The Bertz CT molecular complexity index is 761. The minimum absolute atomic E-state index is 0.439.